The van der Waals surface area contributed by atoms with Gasteiger partial charge < -0.3 is 0 Å². The average Bonchev–Trinajstić information content (AvgIpc) is 2.40. The number of nitrogens with two attached hydrogens (primary N) is 1. The molecule has 20 heavy (non-hydrogen) atoms. The van der Waals surface area contributed by atoms with Crippen LogP contribution in [0.5, 0.6) is 0 Å². The summed E-state index contributed by atoms with van der Waals surface area (Å²) in [6.45, 7) is 0. The second-order valence-electron chi connectivity index (χ2n) is 5.18. The molecular weight excluding hydrogens is 291 g/mol. The molecule has 2 N–H and O–H groups in total. The molecule has 0 spiro atoms. The first-order chi connectivity index (χ1) is 9.30. The van der Waals surface area contributed by atoms with Crippen LogP contribution in [0.1, 0.15) is 37.4 Å². The highest BCUT2D eigenvalue weighted by Crippen LogP contribution is 2.39. The molecule has 2 rings (SSSR count). The molecule has 3 nitrogen and oxygen atoms in total. The van der Waals surface area contributed by atoms with Crippen molar-refractivity contribution in [2.75, 3.05) is 0 Å². The van der Waals surface area contributed by atoms with Gasteiger partial charge in [-0.1, -0.05) is 18.6 Å². The Morgan fingerprint density at radius 3 is 2.60 bits per heavy atom. The van der Waals surface area contributed by atoms with E-state index in [1.54, 1.807) is 0 Å². The van der Waals surface area contributed by atoms with Crippen LogP contribution in [-0.4, -0.2) is 13.7 Å². The maximum atomic E-state index is 14.4. The van der Waals surface area contributed by atoms with Gasteiger partial charge in [-0.25, -0.2) is 26.7 Å². The van der Waals surface area contributed by atoms with Gasteiger partial charge >= 0.3 is 0 Å². The van der Waals surface area contributed by atoms with Gasteiger partial charge in [-0.15, -0.1) is 0 Å². The number of sulfonamides is 1. The molecule has 0 radical (unpaired) electrons. The lowest BCUT2D eigenvalue weighted by atomic mass is 9.83. The predicted octanol–water partition coefficient (Wildman–Crippen LogP) is 2.82. The van der Waals surface area contributed by atoms with Crippen LogP contribution in [0.15, 0.2) is 18.2 Å². The van der Waals surface area contributed by atoms with E-state index < -0.39 is 39.0 Å². The molecule has 0 aliphatic heterocycles. The van der Waals surface area contributed by atoms with E-state index in [0.717, 1.165) is 6.07 Å². The van der Waals surface area contributed by atoms with Gasteiger partial charge in [0.15, 0.2) is 11.6 Å². The zero-order valence-electron chi connectivity index (χ0n) is 10.7. The van der Waals surface area contributed by atoms with Crippen LogP contribution >= 0.6 is 0 Å². The summed E-state index contributed by atoms with van der Waals surface area (Å²) in [4.78, 5) is 0. The molecule has 1 aromatic rings. The van der Waals surface area contributed by atoms with Crippen molar-refractivity contribution in [1.29, 1.82) is 0 Å². The van der Waals surface area contributed by atoms with E-state index in [2.05, 4.69) is 0 Å². The first kappa shape index (κ1) is 15.3. The van der Waals surface area contributed by atoms with Crippen molar-refractivity contribution in [3.05, 3.63) is 35.4 Å². The Morgan fingerprint density at radius 2 is 1.95 bits per heavy atom. The van der Waals surface area contributed by atoms with Crippen LogP contribution in [0.2, 0.25) is 0 Å². The Bertz CT molecular complexity index is 591. The third-order valence-corrected chi connectivity index (χ3v) is 5.18. The van der Waals surface area contributed by atoms with Crippen LogP contribution in [0.3, 0.4) is 0 Å². The largest absolute Gasteiger partial charge is 0.242 e. The molecule has 0 aromatic heterocycles. The maximum absolute atomic E-state index is 14.4. The van der Waals surface area contributed by atoms with Gasteiger partial charge in [0.1, 0.15) is 6.17 Å². The summed E-state index contributed by atoms with van der Waals surface area (Å²) in [6, 6.07) is 3.34. The van der Waals surface area contributed by atoms with Crippen LogP contribution in [0.4, 0.5) is 13.2 Å². The Morgan fingerprint density at radius 1 is 1.25 bits per heavy atom. The standard InChI is InChI=1S/C13H16F3NO2S/c14-11-6-2-5-10(13(11)16)12(15)8-3-1-4-9(7-8)20(17,18)19/h2,5-6,8-9,12H,1,3-4,7H2,(H2,17,18,19). The SMILES string of the molecule is NS(=O)(=O)C1CCCC(C(F)c2cccc(F)c2F)C1. The number of halogens is 3. The predicted molar refractivity (Wildman–Crippen MR) is 69.1 cm³/mol. The number of alkyl halides is 1. The zero-order chi connectivity index (χ0) is 14.9. The summed E-state index contributed by atoms with van der Waals surface area (Å²) < 4.78 is 63.7. The minimum Gasteiger partial charge on any atom is -0.242 e. The lowest BCUT2D eigenvalue weighted by Gasteiger charge is -2.30. The fourth-order valence-corrected chi connectivity index (χ4v) is 3.74. The van der Waals surface area contributed by atoms with Crippen molar-refractivity contribution in [1.82, 2.24) is 0 Å². The summed E-state index contributed by atoms with van der Waals surface area (Å²) in [7, 11) is -3.73. The second-order valence-corrected chi connectivity index (χ2v) is 7.03. The fourth-order valence-electron chi connectivity index (χ4n) is 2.73. The first-order valence-electron chi connectivity index (χ1n) is 6.40. The van der Waals surface area contributed by atoms with Crippen molar-refractivity contribution in [2.24, 2.45) is 11.1 Å². The number of hydrogen-bond acceptors (Lipinski definition) is 2. The highest BCUT2D eigenvalue weighted by Gasteiger charge is 2.35. The molecule has 7 heteroatoms. The minimum absolute atomic E-state index is 0.0377. The molecule has 1 saturated carbocycles. The number of primary sulfonamides is 1. The van der Waals surface area contributed by atoms with Crippen molar-refractivity contribution < 1.29 is 21.6 Å². The summed E-state index contributed by atoms with van der Waals surface area (Å²) in [6.07, 6.45) is -0.370. The molecule has 0 saturated heterocycles. The van der Waals surface area contributed by atoms with E-state index in [1.807, 2.05) is 0 Å². The quantitative estimate of drug-likeness (QED) is 0.933. The molecule has 1 aliphatic rings. The minimum atomic E-state index is -3.73. The Kier molecular flexibility index (Phi) is 4.39. The number of hydrogen-bond donors (Lipinski definition) is 1. The van der Waals surface area contributed by atoms with Crippen LogP contribution < -0.4 is 5.14 Å². The molecule has 1 fully saturated rings. The van der Waals surface area contributed by atoms with Crippen LogP contribution in [-0.2, 0) is 10.0 Å². The summed E-state index contributed by atoms with van der Waals surface area (Å²) >= 11 is 0. The monoisotopic (exact) mass is 307 g/mol. The molecule has 0 amide bonds. The third kappa shape index (κ3) is 3.15. The van der Waals surface area contributed by atoms with Crippen LogP contribution in [0, 0.1) is 17.6 Å². The van der Waals surface area contributed by atoms with E-state index in [-0.39, 0.29) is 12.0 Å². The van der Waals surface area contributed by atoms with Crippen molar-refractivity contribution >= 4 is 10.0 Å². The van der Waals surface area contributed by atoms with Gasteiger partial charge in [-0.05, 0) is 31.2 Å². The van der Waals surface area contributed by atoms with Gasteiger partial charge in [0.05, 0.1) is 5.25 Å². The molecule has 3 atom stereocenters. The summed E-state index contributed by atoms with van der Waals surface area (Å²) in [5.74, 6) is -2.98. The topological polar surface area (TPSA) is 60.2 Å². The van der Waals surface area contributed by atoms with Gasteiger partial charge in [-0.2, -0.15) is 0 Å². The lowest BCUT2D eigenvalue weighted by Crippen LogP contribution is -2.34. The maximum Gasteiger partial charge on any atom is 0.211 e. The normalized spacial score (nSPS) is 25.4. The molecule has 1 aromatic carbocycles. The molecule has 1 aliphatic carbocycles. The van der Waals surface area contributed by atoms with E-state index in [1.165, 1.54) is 12.1 Å². The zero-order valence-corrected chi connectivity index (χ0v) is 11.5. The molecule has 0 bridgehead atoms. The lowest BCUT2D eigenvalue weighted by molar-refractivity contribution is 0.178. The van der Waals surface area contributed by atoms with Gasteiger partial charge in [0.2, 0.25) is 10.0 Å². The van der Waals surface area contributed by atoms with E-state index in [4.69, 9.17) is 5.14 Å². The van der Waals surface area contributed by atoms with Gasteiger partial charge in [0, 0.05) is 5.56 Å². The average molecular weight is 307 g/mol. The van der Waals surface area contributed by atoms with Crippen molar-refractivity contribution in [3.8, 4) is 0 Å². The first-order valence-corrected chi connectivity index (χ1v) is 8.01. The molecule has 3 unspecified atom stereocenters. The van der Waals surface area contributed by atoms with Crippen LogP contribution in [0.25, 0.3) is 0 Å². The molecular formula is C13H16F3NO2S. The fraction of sp³-hybridized carbons (Fsp3) is 0.538. The van der Waals surface area contributed by atoms with Crippen molar-refractivity contribution in [3.63, 3.8) is 0 Å². The smallest absolute Gasteiger partial charge is 0.211 e. The van der Waals surface area contributed by atoms with Crippen molar-refractivity contribution in [2.45, 2.75) is 37.1 Å². The third-order valence-electron chi connectivity index (χ3n) is 3.82. The summed E-state index contributed by atoms with van der Waals surface area (Å²) in [5, 5.41) is 4.27. The highest BCUT2D eigenvalue weighted by molar-refractivity contribution is 7.89. The van der Waals surface area contributed by atoms with Gasteiger partial charge in [-0.3, -0.25) is 0 Å². The summed E-state index contributed by atoms with van der Waals surface area (Å²) in [5.41, 5.74) is -0.356. The second kappa shape index (κ2) is 5.73. The van der Waals surface area contributed by atoms with E-state index in [0.29, 0.717) is 19.3 Å². The highest BCUT2D eigenvalue weighted by atomic mass is 32.2. The number of rotatable bonds is 3. The Hall–Kier alpha value is -1.08. The van der Waals surface area contributed by atoms with E-state index >= 15 is 0 Å². The van der Waals surface area contributed by atoms with E-state index in [9.17, 15) is 21.6 Å². The Balaban J connectivity index is 2.21. The number of benzene rings is 1. The van der Waals surface area contributed by atoms with Gasteiger partial charge in [0.25, 0.3) is 0 Å². The molecule has 0 heterocycles. The molecule has 112 valence electrons. The Labute approximate surface area is 116 Å².